The van der Waals surface area contributed by atoms with Crippen LogP contribution in [-0.2, 0) is 0 Å². The van der Waals surface area contributed by atoms with E-state index in [-0.39, 0.29) is 0 Å². The minimum Gasteiger partial charge on any atom is -0.309 e. The molecular weight excluding hydrogens is 556 g/mol. The molecule has 0 saturated carbocycles. The molecule has 0 spiro atoms. The zero-order valence-corrected chi connectivity index (χ0v) is 25.8. The molecule has 2 nitrogen and oxygen atoms in total. The fraction of sp³-hybridized carbons (Fsp3) is 0.0227. The maximum absolute atomic E-state index is 7.66. The van der Waals surface area contributed by atoms with Crippen LogP contribution >= 0.6 is 0 Å². The SMILES string of the molecule is C=C/C=C(C=N)/C(C)=C/C=C/c1ccc2c(ccc3c4ccc(-c5cccc(-c6ccccc6)c5)cc4n(-c4ccccc4)c23)c1. The number of aromatic nitrogens is 1. The molecule has 0 radical (unpaired) electrons. The van der Waals surface area contributed by atoms with E-state index in [2.05, 4.69) is 151 Å². The maximum Gasteiger partial charge on any atom is 0.0619 e. The lowest BCUT2D eigenvalue weighted by Gasteiger charge is -2.11. The first-order chi connectivity index (χ1) is 22.6. The van der Waals surface area contributed by atoms with Gasteiger partial charge in [-0.05, 0) is 81.6 Å². The summed E-state index contributed by atoms with van der Waals surface area (Å²) in [5.41, 5.74) is 11.4. The van der Waals surface area contributed by atoms with Gasteiger partial charge in [-0.3, -0.25) is 0 Å². The van der Waals surface area contributed by atoms with E-state index in [1.807, 2.05) is 25.2 Å². The average molecular weight is 591 g/mol. The fourth-order valence-corrected chi connectivity index (χ4v) is 6.31. The van der Waals surface area contributed by atoms with Crippen molar-refractivity contribution in [3.05, 3.63) is 181 Å². The first-order valence-electron chi connectivity index (χ1n) is 15.6. The highest BCUT2D eigenvalue weighted by Crippen LogP contribution is 2.39. The first-order valence-corrected chi connectivity index (χ1v) is 15.6. The zero-order valence-electron chi connectivity index (χ0n) is 25.8. The Balaban J connectivity index is 1.37. The zero-order chi connectivity index (χ0) is 31.5. The van der Waals surface area contributed by atoms with E-state index < -0.39 is 0 Å². The molecule has 6 aromatic carbocycles. The highest BCUT2D eigenvalue weighted by Gasteiger charge is 2.16. The standard InChI is InChI=1S/C44H34N2/c1-3-12-38(30-45)31(2)13-10-14-32-21-24-40-37(27-32)23-26-42-41-25-22-36(29-43(41)46(44(40)42)39-19-8-5-9-20-39)35-18-11-17-34(28-35)33-15-6-4-7-16-33/h3-30,45H,1H2,2H3/b14-10+,31-13+,38-12+,45-30?. The van der Waals surface area contributed by atoms with E-state index in [4.69, 9.17) is 5.41 Å². The predicted molar refractivity (Wildman–Crippen MR) is 199 cm³/mol. The monoisotopic (exact) mass is 590 g/mol. The second-order valence-corrected chi connectivity index (χ2v) is 11.5. The van der Waals surface area contributed by atoms with Crippen LogP contribution < -0.4 is 0 Å². The van der Waals surface area contributed by atoms with Crippen molar-refractivity contribution in [2.75, 3.05) is 0 Å². The van der Waals surface area contributed by atoms with Crippen molar-refractivity contribution < 1.29 is 0 Å². The molecular formula is C44H34N2. The Kier molecular flexibility index (Phi) is 7.85. The molecule has 1 heterocycles. The van der Waals surface area contributed by atoms with Crippen molar-refractivity contribution in [3.63, 3.8) is 0 Å². The molecule has 0 atom stereocenters. The normalized spacial score (nSPS) is 12.4. The molecule has 220 valence electrons. The smallest absolute Gasteiger partial charge is 0.0619 e. The van der Waals surface area contributed by atoms with E-state index >= 15 is 0 Å². The molecule has 7 rings (SSSR count). The summed E-state index contributed by atoms with van der Waals surface area (Å²) >= 11 is 0. The van der Waals surface area contributed by atoms with Crippen LogP contribution in [0.1, 0.15) is 12.5 Å². The molecule has 7 aromatic rings. The van der Waals surface area contributed by atoms with Gasteiger partial charge in [0.25, 0.3) is 0 Å². The first kappa shape index (κ1) is 28.8. The highest BCUT2D eigenvalue weighted by atomic mass is 15.0. The van der Waals surface area contributed by atoms with Crippen LogP contribution in [0.2, 0.25) is 0 Å². The lowest BCUT2D eigenvalue weighted by molar-refractivity contribution is 1.19. The number of nitrogens with zero attached hydrogens (tertiary/aromatic N) is 1. The summed E-state index contributed by atoms with van der Waals surface area (Å²) in [7, 11) is 0. The fourth-order valence-electron chi connectivity index (χ4n) is 6.31. The third kappa shape index (κ3) is 5.42. The van der Waals surface area contributed by atoms with Gasteiger partial charge in [0.15, 0.2) is 0 Å². The van der Waals surface area contributed by atoms with Crippen molar-refractivity contribution in [2.45, 2.75) is 6.92 Å². The van der Waals surface area contributed by atoms with Gasteiger partial charge in [-0.1, -0.05) is 140 Å². The molecule has 0 aliphatic heterocycles. The Hall–Kier alpha value is -5.99. The van der Waals surface area contributed by atoms with Crippen LogP contribution in [0.25, 0.3) is 66.6 Å². The molecule has 46 heavy (non-hydrogen) atoms. The molecule has 2 heteroatoms. The van der Waals surface area contributed by atoms with Gasteiger partial charge >= 0.3 is 0 Å². The minimum absolute atomic E-state index is 0.848. The summed E-state index contributed by atoms with van der Waals surface area (Å²) in [5, 5.41) is 12.5. The van der Waals surface area contributed by atoms with Crippen LogP contribution in [0.3, 0.4) is 0 Å². The molecule has 0 bridgehead atoms. The molecule has 0 amide bonds. The van der Waals surface area contributed by atoms with Crippen LogP contribution in [-0.4, -0.2) is 10.8 Å². The van der Waals surface area contributed by atoms with E-state index in [0.29, 0.717) is 0 Å². The summed E-state index contributed by atoms with van der Waals surface area (Å²) in [4.78, 5) is 0. The number of benzene rings is 6. The highest BCUT2D eigenvalue weighted by molar-refractivity contribution is 6.19. The van der Waals surface area contributed by atoms with Gasteiger partial charge in [-0.25, -0.2) is 0 Å². The van der Waals surface area contributed by atoms with Gasteiger partial charge in [0.2, 0.25) is 0 Å². The van der Waals surface area contributed by atoms with Gasteiger partial charge in [-0.2, -0.15) is 0 Å². The number of hydrogen-bond acceptors (Lipinski definition) is 1. The molecule has 0 aliphatic carbocycles. The summed E-state index contributed by atoms with van der Waals surface area (Å²) < 4.78 is 2.42. The van der Waals surface area contributed by atoms with Crippen LogP contribution in [0.15, 0.2) is 175 Å². The quantitative estimate of drug-likeness (QED) is 0.135. The van der Waals surface area contributed by atoms with Gasteiger partial charge in [0, 0.05) is 28.1 Å². The van der Waals surface area contributed by atoms with Gasteiger partial charge in [0.1, 0.15) is 0 Å². The summed E-state index contributed by atoms with van der Waals surface area (Å²) in [6.45, 7) is 5.76. The number of nitrogens with one attached hydrogen (secondary N) is 1. The third-order valence-electron chi connectivity index (χ3n) is 8.63. The lowest BCUT2D eigenvalue weighted by atomic mass is 9.98. The number of allylic oxidation sites excluding steroid dienone is 6. The maximum atomic E-state index is 7.66. The van der Waals surface area contributed by atoms with E-state index in [9.17, 15) is 0 Å². The Morgan fingerprint density at radius 1 is 0.630 bits per heavy atom. The van der Waals surface area contributed by atoms with Gasteiger partial charge in [0.05, 0.1) is 11.0 Å². The van der Waals surface area contributed by atoms with E-state index in [1.54, 1.807) is 6.08 Å². The largest absolute Gasteiger partial charge is 0.309 e. The third-order valence-corrected chi connectivity index (χ3v) is 8.63. The second kappa shape index (κ2) is 12.6. The van der Waals surface area contributed by atoms with Crippen molar-refractivity contribution in [1.29, 1.82) is 5.41 Å². The predicted octanol–water partition coefficient (Wildman–Crippen LogP) is 12.0. The molecule has 0 aliphatic rings. The Bertz CT molecular complexity index is 2330. The van der Waals surface area contributed by atoms with E-state index in [0.717, 1.165) is 22.4 Å². The molecule has 0 saturated heterocycles. The summed E-state index contributed by atoms with van der Waals surface area (Å²) in [6.07, 6.45) is 11.1. The van der Waals surface area contributed by atoms with Crippen LogP contribution in [0.5, 0.6) is 0 Å². The molecule has 1 N–H and O–H groups in total. The van der Waals surface area contributed by atoms with Crippen LogP contribution in [0.4, 0.5) is 0 Å². The molecule has 1 aromatic heterocycles. The molecule has 0 fully saturated rings. The Morgan fingerprint density at radius 2 is 1.30 bits per heavy atom. The van der Waals surface area contributed by atoms with Crippen molar-refractivity contribution in [2.24, 2.45) is 0 Å². The minimum atomic E-state index is 0.848. The number of fused-ring (bicyclic) bond motifs is 5. The van der Waals surface area contributed by atoms with Gasteiger partial charge in [-0.15, -0.1) is 0 Å². The number of hydrogen-bond donors (Lipinski definition) is 1. The van der Waals surface area contributed by atoms with Crippen molar-refractivity contribution in [3.8, 4) is 27.9 Å². The molecule has 0 unspecified atom stereocenters. The van der Waals surface area contributed by atoms with E-state index in [1.165, 1.54) is 61.0 Å². The van der Waals surface area contributed by atoms with Crippen LogP contribution in [0, 0.1) is 5.41 Å². The van der Waals surface area contributed by atoms with Crippen molar-refractivity contribution >= 4 is 44.9 Å². The Morgan fingerprint density at radius 3 is 2.07 bits per heavy atom. The lowest BCUT2D eigenvalue weighted by Crippen LogP contribution is -1.94. The van der Waals surface area contributed by atoms with Crippen molar-refractivity contribution in [1.82, 2.24) is 4.57 Å². The summed E-state index contributed by atoms with van der Waals surface area (Å²) in [6, 6.07) is 48.1. The average Bonchev–Trinajstić information content (AvgIpc) is 3.45. The number of rotatable bonds is 8. The summed E-state index contributed by atoms with van der Waals surface area (Å²) in [5.74, 6) is 0. The Labute approximate surface area is 270 Å². The topological polar surface area (TPSA) is 28.8 Å². The van der Waals surface area contributed by atoms with Gasteiger partial charge < -0.3 is 9.98 Å². The number of para-hydroxylation sites is 1. The second-order valence-electron chi connectivity index (χ2n) is 11.5.